The summed E-state index contributed by atoms with van der Waals surface area (Å²) in [6.45, 7) is 3.00. The zero-order chi connectivity index (χ0) is 17.9. The summed E-state index contributed by atoms with van der Waals surface area (Å²) in [6, 6.07) is -0.0364. The largest absolute Gasteiger partial charge is 0.401 e. The molecule has 0 radical (unpaired) electrons. The van der Waals surface area contributed by atoms with Gasteiger partial charge in [-0.25, -0.2) is 9.98 Å². The van der Waals surface area contributed by atoms with Gasteiger partial charge in [0.25, 0.3) is 0 Å². The van der Waals surface area contributed by atoms with E-state index >= 15 is 0 Å². The van der Waals surface area contributed by atoms with Crippen molar-refractivity contribution >= 4 is 22.3 Å². The van der Waals surface area contributed by atoms with E-state index in [-0.39, 0.29) is 6.04 Å². The first-order chi connectivity index (χ1) is 11.9. The second kappa shape index (κ2) is 7.61. The number of guanidine groups is 1. The van der Waals surface area contributed by atoms with Crippen LogP contribution in [0.1, 0.15) is 19.0 Å². The standard InChI is InChI=1S/C15H21F3N6S/c1-2-19-13(20-7-12-9-24-5-6-25-14(24)22-12)21-11-3-4-23(8-11)10-15(16,17)18/h5-6,9,11H,2-4,7-8,10H2,1H3,(H2,19,20,21). The molecule has 3 rings (SSSR count). The maximum Gasteiger partial charge on any atom is 0.401 e. The molecule has 2 aromatic heterocycles. The fraction of sp³-hybridized carbons (Fsp3) is 0.600. The van der Waals surface area contributed by atoms with Gasteiger partial charge in [0.2, 0.25) is 0 Å². The third-order valence-corrected chi connectivity index (χ3v) is 4.67. The molecule has 0 amide bonds. The van der Waals surface area contributed by atoms with Crippen LogP contribution in [0.5, 0.6) is 0 Å². The SMILES string of the molecule is CCNC(=NCc1cn2ccsc2n1)NC1CCN(CC(F)(F)F)C1. The average molecular weight is 374 g/mol. The average Bonchev–Trinajstić information content (AvgIpc) is 3.19. The molecule has 0 aliphatic carbocycles. The highest BCUT2D eigenvalue weighted by atomic mass is 32.1. The molecule has 1 unspecified atom stereocenters. The number of hydrogen-bond acceptors (Lipinski definition) is 4. The molecule has 3 heterocycles. The van der Waals surface area contributed by atoms with Crippen LogP contribution in [0.2, 0.25) is 0 Å². The summed E-state index contributed by atoms with van der Waals surface area (Å²) in [7, 11) is 0. The second-order valence-electron chi connectivity index (χ2n) is 6.00. The molecular formula is C15H21F3N6S. The highest BCUT2D eigenvalue weighted by Crippen LogP contribution is 2.20. The van der Waals surface area contributed by atoms with Gasteiger partial charge < -0.3 is 10.6 Å². The zero-order valence-corrected chi connectivity index (χ0v) is 14.7. The third kappa shape index (κ3) is 5.08. The molecule has 1 atom stereocenters. The summed E-state index contributed by atoms with van der Waals surface area (Å²) in [5.41, 5.74) is 0.856. The van der Waals surface area contributed by atoms with Crippen LogP contribution in [0.3, 0.4) is 0 Å². The summed E-state index contributed by atoms with van der Waals surface area (Å²) in [6.07, 6.45) is 0.388. The van der Waals surface area contributed by atoms with Crippen LogP contribution < -0.4 is 10.6 Å². The molecule has 0 spiro atoms. The number of nitrogens with zero attached hydrogens (tertiary/aromatic N) is 4. The number of hydrogen-bond donors (Lipinski definition) is 2. The van der Waals surface area contributed by atoms with Gasteiger partial charge in [-0.05, 0) is 13.3 Å². The van der Waals surface area contributed by atoms with E-state index in [1.54, 1.807) is 11.3 Å². The highest BCUT2D eigenvalue weighted by molar-refractivity contribution is 7.15. The van der Waals surface area contributed by atoms with Crippen molar-refractivity contribution < 1.29 is 13.2 Å². The molecule has 2 N–H and O–H groups in total. The summed E-state index contributed by atoms with van der Waals surface area (Å²) < 4.78 is 39.4. The Hall–Kier alpha value is -1.81. The molecule has 1 fully saturated rings. The van der Waals surface area contributed by atoms with Crippen molar-refractivity contribution in [3.8, 4) is 0 Å². The Morgan fingerprint density at radius 1 is 1.48 bits per heavy atom. The molecule has 138 valence electrons. The monoisotopic (exact) mass is 374 g/mol. The number of imidazole rings is 1. The van der Waals surface area contributed by atoms with E-state index in [2.05, 4.69) is 20.6 Å². The molecule has 6 nitrogen and oxygen atoms in total. The fourth-order valence-corrected chi connectivity index (χ4v) is 3.59. The quantitative estimate of drug-likeness (QED) is 0.622. The number of aliphatic imine (C=N–C) groups is 1. The number of thiazole rings is 1. The Balaban J connectivity index is 1.56. The number of nitrogens with one attached hydrogen (secondary N) is 2. The number of rotatable bonds is 5. The van der Waals surface area contributed by atoms with Crippen molar-refractivity contribution in [1.82, 2.24) is 24.9 Å². The van der Waals surface area contributed by atoms with Gasteiger partial charge in [0.05, 0.1) is 18.8 Å². The normalized spacial score (nSPS) is 19.7. The molecule has 10 heteroatoms. The molecule has 0 saturated carbocycles. The molecule has 0 bridgehead atoms. The summed E-state index contributed by atoms with van der Waals surface area (Å²) in [4.78, 5) is 11.3. The number of fused-ring (bicyclic) bond motifs is 1. The predicted octanol–water partition coefficient (Wildman–Crippen LogP) is 2.09. The maximum absolute atomic E-state index is 12.5. The van der Waals surface area contributed by atoms with E-state index in [9.17, 15) is 13.2 Å². The van der Waals surface area contributed by atoms with Gasteiger partial charge in [-0.2, -0.15) is 13.2 Å². The van der Waals surface area contributed by atoms with Gasteiger partial charge in [-0.15, -0.1) is 11.3 Å². The van der Waals surface area contributed by atoms with Gasteiger partial charge in [0.1, 0.15) is 0 Å². The first-order valence-corrected chi connectivity index (χ1v) is 9.06. The summed E-state index contributed by atoms with van der Waals surface area (Å²) in [5, 5.41) is 8.33. The van der Waals surface area contributed by atoms with Crippen molar-refractivity contribution in [2.75, 3.05) is 26.2 Å². The lowest BCUT2D eigenvalue weighted by molar-refractivity contribution is -0.143. The first kappa shape index (κ1) is 18.0. The van der Waals surface area contributed by atoms with Crippen LogP contribution in [0.15, 0.2) is 22.8 Å². The fourth-order valence-electron chi connectivity index (χ4n) is 2.87. The molecule has 25 heavy (non-hydrogen) atoms. The van der Waals surface area contributed by atoms with Crippen molar-refractivity contribution in [1.29, 1.82) is 0 Å². The first-order valence-electron chi connectivity index (χ1n) is 8.18. The molecule has 1 aliphatic heterocycles. The van der Waals surface area contributed by atoms with E-state index in [1.165, 1.54) is 4.90 Å². The van der Waals surface area contributed by atoms with E-state index < -0.39 is 12.7 Å². The van der Waals surface area contributed by atoms with Crippen molar-refractivity contribution in [3.63, 3.8) is 0 Å². The van der Waals surface area contributed by atoms with Crippen LogP contribution in [0, 0.1) is 0 Å². The minimum absolute atomic E-state index is 0.0364. The van der Waals surface area contributed by atoms with Crippen molar-refractivity contribution in [3.05, 3.63) is 23.5 Å². The molecule has 1 saturated heterocycles. The molecule has 0 aromatic carbocycles. The Bertz CT molecular complexity index is 694. The molecule has 2 aromatic rings. The van der Waals surface area contributed by atoms with E-state index in [4.69, 9.17) is 0 Å². The number of alkyl halides is 3. The number of aromatic nitrogens is 2. The van der Waals surface area contributed by atoms with E-state index in [0.29, 0.717) is 38.6 Å². The topological polar surface area (TPSA) is 57.0 Å². The number of likely N-dealkylation sites (tertiary alicyclic amines) is 1. The van der Waals surface area contributed by atoms with Crippen LogP contribution in [0.25, 0.3) is 4.96 Å². The minimum Gasteiger partial charge on any atom is -0.357 e. The lowest BCUT2D eigenvalue weighted by Crippen LogP contribution is -2.45. The summed E-state index contributed by atoms with van der Waals surface area (Å²) >= 11 is 1.56. The van der Waals surface area contributed by atoms with Crippen LogP contribution in [-0.4, -0.2) is 58.6 Å². The smallest absolute Gasteiger partial charge is 0.357 e. The van der Waals surface area contributed by atoms with Gasteiger partial charge in [0, 0.05) is 43.4 Å². The Morgan fingerprint density at radius 3 is 3.04 bits per heavy atom. The van der Waals surface area contributed by atoms with Gasteiger partial charge >= 0.3 is 6.18 Å². The van der Waals surface area contributed by atoms with Gasteiger partial charge in [-0.3, -0.25) is 9.30 Å². The van der Waals surface area contributed by atoms with Crippen LogP contribution in [0.4, 0.5) is 13.2 Å². The van der Waals surface area contributed by atoms with Gasteiger partial charge in [0.15, 0.2) is 10.9 Å². The predicted molar refractivity (Wildman–Crippen MR) is 91.9 cm³/mol. The van der Waals surface area contributed by atoms with Crippen LogP contribution >= 0.6 is 11.3 Å². The van der Waals surface area contributed by atoms with Crippen molar-refractivity contribution in [2.45, 2.75) is 32.1 Å². The summed E-state index contributed by atoms with van der Waals surface area (Å²) in [5.74, 6) is 0.609. The molecular weight excluding hydrogens is 353 g/mol. The Labute approximate surface area is 147 Å². The zero-order valence-electron chi connectivity index (χ0n) is 13.9. The number of halogens is 3. The molecule has 1 aliphatic rings. The van der Waals surface area contributed by atoms with Crippen molar-refractivity contribution in [2.24, 2.45) is 4.99 Å². The Morgan fingerprint density at radius 2 is 2.32 bits per heavy atom. The minimum atomic E-state index is -4.15. The van der Waals surface area contributed by atoms with Gasteiger partial charge in [-0.1, -0.05) is 0 Å². The van der Waals surface area contributed by atoms with E-state index in [1.807, 2.05) is 29.1 Å². The maximum atomic E-state index is 12.5. The highest BCUT2D eigenvalue weighted by Gasteiger charge is 2.34. The van der Waals surface area contributed by atoms with Crippen LogP contribution in [-0.2, 0) is 6.54 Å². The third-order valence-electron chi connectivity index (χ3n) is 3.90. The second-order valence-corrected chi connectivity index (χ2v) is 6.87. The lowest BCUT2D eigenvalue weighted by Gasteiger charge is -2.19. The Kier molecular flexibility index (Phi) is 5.48. The lowest BCUT2D eigenvalue weighted by atomic mass is 10.3. The van der Waals surface area contributed by atoms with E-state index in [0.717, 1.165) is 10.7 Å².